The average molecular weight is 435 g/mol. The highest BCUT2D eigenvalue weighted by Gasteiger charge is 2.30. The quantitative estimate of drug-likeness (QED) is 0.630. The van der Waals surface area contributed by atoms with Crippen molar-refractivity contribution in [3.8, 4) is 11.4 Å². The number of carbonyl (C=O) groups is 1. The molecule has 2 aliphatic heterocycles. The number of rotatable bonds is 4. The summed E-state index contributed by atoms with van der Waals surface area (Å²) in [7, 11) is -3.65. The van der Waals surface area contributed by atoms with Crippen molar-refractivity contribution in [2.24, 2.45) is 0 Å². The number of carbonyl (C=O) groups excluding carboxylic acids is 1. The third-order valence-electron chi connectivity index (χ3n) is 5.79. The zero-order valence-corrected chi connectivity index (χ0v) is 17.8. The van der Waals surface area contributed by atoms with Gasteiger partial charge in [-0.15, -0.1) is 0 Å². The standard InChI is InChI=1S/C23H22N4O3S/c28-22-7-4-13-27(22)19-8-10-20(11-9-19)31(29,30)26-14-12-21-18(16-26)15-24-23(25-21)17-5-2-1-3-6-17/h1-3,5-6,8-11,15H,4,7,12-14,16H2. The van der Waals surface area contributed by atoms with E-state index in [-0.39, 0.29) is 17.3 Å². The molecule has 0 spiro atoms. The minimum absolute atomic E-state index is 0.0816. The van der Waals surface area contributed by atoms with Crippen molar-refractivity contribution in [3.05, 3.63) is 72.1 Å². The van der Waals surface area contributed by atoms with Gasteiger partial charge in [0.25, 0.3) is 0 Å². The molecule has 1 amide bonds. The van der Waals surface area contributed by atoms with E-state index in [1.54, 1.807) is 35.4 Å². The highest BCUT2D eigenvalue weighted by molar-refractivity contribution is 7.89. The second-order valence-electron chi connectivity index (χ2n) is 7.76. The Balaban J connectivity index is 1.36. The van der Waals surface area contributed by atoms with Crippen LogP contribution in [0.1, 0.15) is 24.1 Å². The molecule has 5 rings (SSSR count). The lowest BCUT2D eigenvalue weighted by Crippen LogP contribution is -2.36. The molecular weight excluding hydrogens is 412 g/mol. The topological polar surface area (TPSA) is 83.5 Å². The smallest absolute Gasteiger partial charge is 0.243 e. The molecule has 2 aliphatic rings. The van der Waals surface area contributed by atoms with E-state index in [2.05, 4.69) is 9.97 Å². The highest BCUT2D eigenvalue weighted by atomic mass is 32.2. The van der Waals surface area contributed by atoms with Crippen LogP contribution in [-0.4, -0.2) is 41.7 Å². The van der Waals surface area contributed by atoms with Crippen LogP contribution in [0.4, 0.5) is 5.69 Å². The fourth-order valence-corrected chi connectivity index (χ4v) is 5.51. The molecule has 3 heterocycles. The minimum atomic E-state index is -3.65. The Morgan fingerprint density at radius 2 is 1.68 bits per heavy atom. The fraction of sp³-hybridized carbons (Fsp3) is 0.261. The number of anilines is 1. The second-order valence-corrected chi connectivity index (χ2v) is 9.70. The zero-order valence-electron chi connectivity index (χ0n) is 16.9. The van der Waals surface area contributed by atoms with E-state index < -0.39 is 10.0 Å². The number of benzene rings is 2. The number of fused-ring (bicyclic) bond motifs is 1. The molecule has 3 aromatic rings. The van der Waals surface area contributed by atoms with Crippen LogP contribution in [0.3, 0.4) is 0 Å². The molecule has 0 N–H and O–H groups in total. The summed E-state index contributed by atoms with van der Waals surface area (Å²) >= 11 is 0. The number of nitrogens with zero attached hydrogens (tertiary/aromatic N) is 4. The lowest BCUT2D eigenvalue weighted by Gasteiger charge is -2.27. The van der Waals surface area contributed by atoms with Crippen LogP contribution in [0.25, 0.3) is 11.4 Å². The van der Waals surface area contributed by atoms with E-state index in [9.17, 15) is 13.2 Å². The highest BCUT2D eigenvalue weighted by Crippen LogP contribution is 2.28. The summed E-state index contributed by atoms with van der Waals surface area (Å²) in [6.07, 6.45) is 3.65. The van der Waals surface area contributed by atoms with E-state index in [4.69, 9.17) is 0 Å². The number of aromatic nitrogens is 2. The molecule has 0 radical (unpaired) electrons. The Morgan fingerprint density at radius 1 is 0.903 bits per heavy atom. The Kier molecular flexibility index (Phi) is 5.03. The summed E-state index contributed by atoms with van der Waals surface area (Å²) in [5.41, 5.74) is 3.40. The normalized spacial score (nSPS) is 17.0. The molecule has 8 heteroatoms. The van der Waals surface area contributed by atoms with Crippen LogP contribution in [0.15, 0.2) is 65.7 Å². The van der Waals surface area contributed by atoms with Gasteiger partial charge in [0, 0.05) is 55.5 Å². The van der Waals surface area contributed by atoms with Gasteiger partial charge in [-0.2, -0.15) is 4.31 Å². The van der Waals surface area contributed by atoms with Gasteiger partial charge in [-0.05, 0) is 30.7 Å². The van der Waals surface area contributed by atoms with Crippen LogP contribution in [0.2, 0.25) is 0 Å². The summed E-state index contributed by atoms with van der Waals surface area (Å²) in [5.74, 6) is 0.737. The Labute approximate surface area is 181 Å². The summed E-state index contributed by atoms with van der Waals surface area (Å²) in [4.78, 5) is 23.0. The van der Waals surface area contributed by atoms with Gasteiger partial charge >= 0.3 is 0 Å². The first-order valence-corrected chi connectivity index (χ1v) is 11.8. The molecule has 1 aromatic heterocycles. The molecule has 0 bridgehead atoms. The average Bonchev–Trinajstić information content (AvgIpc) is 3.25. The molecule has 31 heavy (non-hydrogen) atoms. The molecule has 158 valence electrons. The first-order valence-electron chi connectivity index (χ1n) is 10.3. The van der Waals surface area contributed by atoms with E-state index in [1.807, 2.05) is 30.3 Å². The summed E-state index contributed by atoms with van der Waals surface area (Å²) < 4.78 is 27.8. The maximum atomic E-state index is 13.2. The van der Waals surface area contributed by atoms with Crippen molar-refractivity contribution in [3.63, 3.8) is 0 Å². The van der Waals surface area contributed by atoms with Gasteiger partial charge in [0.15, 0.2) is 5.82 Å². The van der Waals surface area contributed by atoms with Crippen molar-refractivity contribution in [1.29, 1.82) is 0 Å². The Hall–Kier alpha value is -3.10. The maximum absolute atomic E-state index is 13.2. The van der Waals surface area contributed by atoms with Gasteiger partial charge in [0.05, 0.1) is 10.6 Å². The van der Waals surface area contributed by atoms with Crippen molar-refractivity contribution in [2.45, 2.75) is 30.7 Å². The number of amides is 1. The SMILES string of the molecule is O=C1CCCN1c1ccc(S(=O)(=O)N2CCc3nc(-c4ccccc4)ncc3C2)cc1. The summed E-state index contributed by atoms with van der Waals surface area (Å²) in [5, 5.41) is 0. The maximum Gasteiger partial charge on any atom is 0.243 e. The summed E-state index contributed by atoms with van der Waals surface area (Å²) in [6, 6.07) is 16.3. The fourth-order valence-electron chi connectivity index (χ4n) is 4.09. The summed E-state index contributed by atoms with van der Waals surface area (Å²) in [6.45, 7) is 1.30. The van der Waals surface area contributed by atoms with Crippen molar-refractivity contribution in [1.82, 2.24) is 14.3 Å². The third kappa shape index (κ3) is 3.73. The van der Waals surface area contributed by atoms with Gasteiger partial charge in [-0.25, -0.2) is 18.4 Å². The van der Waals surface area contributed by atoms with Crippen molar-refractivity contribution >= 4 is 21.6 Å². The van der Waals surface area contributed by atoms with E-state index >= 15 is 0 Å². The van der Waals surface area contributed by atoms with Crippen molar-refractivity contribution < 1.29 is 13.2 Å². The Bertz CT molecular complexity index is 1230. The van der Waals surface area contributed by atoms with Crippen LogP contribution in [0, 0.1) is 0 Å². The van der Waals surface area contributed by atoms with Gasteiger partial charge in [-0.3, -0.25) is 4.79 Å². The molecule has 0 saturated carbocycles. The molecule has 2 aromatic carbocycles. The lowest BCUT2D eigenvalue weighted by molar-refractivity contribution is -0.117. The van der Waals surface area contributed by atoms with Crippen LogP contribution in [-0.2, 0) is 27.8 Å². The van der Waals surface area contributed by atoms with Crippen LogP contribution in [0.5, 0.6) is 0 Å². The number of sulfonamides is 1. The molecular formula is C23H22N4O3S. The van der Waals surface area contributed by atoms with Gasteiger partial charge < -0.3 is 4.90 Å². The molecule has 1 saturated heterocycles. The van der Waals surface area contributed by atoms with Gasteiger partial charge in [0.1, 0.15) is 0 Å². The first-order chi connectivity index (χ1) is 15.0. The largest absolute Gasteiger partial charge is 0.312 e. The predicted octanol–water partition coefficient (Wildman–Crippen LogP) is 3.02. The number of hydrogen-bond acceptors (Lipinski definition) is 5. The Morgan fingerprint density at radius 3 is 2.39 bits per heavy atom. The minimum Gasteiger partial charge on any atom is -0.312 e. The van der Waals surface area contributed by atoms with E-state index in [0.717, 1.165) is 28.9 Å². The monoisotopic (exact) mass is 434 g/mol. The van der Waals surface area contributed by atoms with E-state index in [0.29, 0.717) is 31.8 Å². The second kappa shape index (κ2) is 7.86. The van der Waals surface area contributed by atoms with Crippen LogP contribution < -0.4 is 4.90 Å². The van der Waals surface area contributed by atoms with Gasteiger partial charge in [-0.1, -0.05) is 30.3 Å². The molecule has 0 aliphatic carbocycles. The molecule has 0 unspecified atom stereocenters. The zero-order chi connectivity index (χ0) is 21.4. The molecule has 0 atom stereocenters. The van der Waals surface area contributed by atoms with Crippen molar-refractivity contribution in [2.75, 3.05) is 18.0 Å². The predicted molar refractivity (Wildman–Crippen MR) is 117 cm³/mol. The molecule has 7 nitrogen and oxygen atoms in total. The van der Waals surface area contributed by atoms with Crippen LogP contribution >= 0.6 is 0 Å². The third-order valence-corrected chi connectivity index (χ3v) is 7.65. The number of hydrogen-bond donors (Lipinski definition) is 0. The molecule has 1 fully saturated rings. The van der Waals surface area contributed by atoms with Gasteiger partial charge in [0.2, 0.25) is 15.9 Å². The first kappa shape index (κ1) is 19.8. The van der Waals surface area contributed by atoms with E-state index in [1.165, 1.54) is 4.31 Å². The lowest BCUT2D eigenvalue weighted by atomic mass is 10.1.